The van der Waals surface area contributed by atoms with E-state index in [-0.39, 0.29) is 54.9 Å². The number of aliphatic hydroxyl groups excluding tert-OH is 1. The number of carbonyl (C=O) groups excluding carboxylic acids is 4. The Hall–Kier alpha value is -7.55. The van der Waals surface area contributed by atoms with E-state index in [2.05, 4.69) is 0 Å². The van der Waals surface area contributed by atoms with Crippen LogP contribution in [0.5, 0.6) is 34.5 Å². The van der Waals surface area contributed by atoms with Crippen LogP contribution in [0.4, 0.5) is 0 Å². The van der Waals surface area contributed by atoms with Crippen LogP contribution in [0.2, 0.25) is 0 Å². The monoisotopic (exact) mass is 966 g/mol. The Kier molecular flexibility index (Phi) is 33.4. The molecule has 0 spiro atoms. The number of hydrogen-bond donors (Lipinski definition) is 2. The molecule has 5 aromatic rings. The van der Waals surface area contributed by atoms with Gasteiger partial charge < -0.3 is 48.2 Å². The molecule has 0 radical (unpaired) electrons. The first kappa shape index (κ1) is 61.5. The predicted molar refractivity (Wildman–Crippen MR) is 276 cm³/mol. The van der Waals surface area contributed by atoms with Gasteiger partial charge in [-0.1, -0.05) is 109 Å². The van der Waals surface area contributed by atoms with Crippen molar-refractivity contribution in [3.8, 4) is 34.5 Å². The van der Waals surface area contributed by atoms with Crippen molar-refractivity contribution in [3.05, 3.63) is 173 Å². The number of allylic oxidation sites excluding steroid dienone is 5. The molecule has 0 saturated carbocycles. The molecule has 0 aliphatic carbocycles. The summed E-state index contributed by atoms with van der Waals surface area (Å²) in [6, 6.07) is 35.1. The fourth-order valence-corrected chi connectivity index (χ4v) is 5.02. The smallest absolute Gasteiger partial charge is 0.188 e. The van der Waals surface area contributed by atoms with Crippen molar-refractivity contribution in [1.82, 2.24) is 0 Å². The van der Waals surface area contributed by atoms with E-state index in [1.165, 1.54) is 58.3 Å². The second kappa shape index (κ2) is 37.5. The Labute approximate surface area is 412 Å². The lowest BCUT2D eigenvalue weighted by molar-refractivity contribution is -0.115. The van der Waals surface area contributed by atoms with Gasteiger partial charge in [0.15, 0.2) is 65.4 Å². The average molecular weight is 968 g/mol. The molecule has 0 atom stereocenters. The second-order valence-corrected chi connectivity index (χ2v) is 13.7. The number of Topliss-reactive ketones (excluding diaryl/α,β-unsaturated/α-hetero) is 1. The highest BCUT2D eigenvalue weighted by atomic mass is 35.5. The van der Waals surface area contributed by atoms with Gasteiger partial charge in [-0.2, -0.15) is 0 Å². The minimum absolute atomic E-state index is 0. The maximum absolute atomic E-state index is 11.9. The molecule has 69 heavy (non-hydrogen) atoms. The highest BCUT2D eigenvalue weighted by Gasteiger charge is 2.06. The van der Waals surface area contributed by atoms with Crippen LogP contribution in [0.25, 0.3) is 30.4 Å². The van der Waals surface area contributed by atoms with E-state index in [0.29, 0.717) is 28.7 Å². The molecule has 0 amide bonds. The van der Waals surface area contributed by atoms with E-state index in [9.17, 15) is 24.3 Å². The summed E-state index contributed by atoms with van der Waals surface area (Å²) < 4.78 is 35.9. The molecule has 0 aliphatic heterocycles. The van der Waals surface area contributed by atoms with Crippen LogP contribution in [0.3, 0.4) is 0 Å². The first-order valence-electron chi connectivity index (χ1n) is 20.8. The summed E-state index contributed by atoms with van der Waals surface area (Å²) in [5.74, 6) is 2.82. The van der Waals surface area contributed by atoms with Gasteiger partial charge in [0.25, 0.3) is 0 Å². The third-order valence-electron chi connectivity index (χ3n) is 8.11. The van der Waals surface area contributed by atoms with Crippen molar-refractivity contribution >= 4 is 65.9 Å². The number of ketones is 4. The minimum Gasteiger partial charge on any atom is -0.504 e. The number of methoxy groups -OCH3 is 5. The zero-order chi connectivity index (χ0) is 50.5. The standard InChI is InChI=1S/C20H20O4.C18H16O3.C13H16O4.C3H6O.CH4O.ClH/c1-22-15-24-19-13-10-17(14-20(19)23-2)9-12-18(21)11-8-16-6-4-3-5-7-16;1-21-18-13-15(9-12-17(18)20)8-11-16(19)10-7-14-5-3-2-4-6-14;1-10(14)4-5-11-6-7-12(17-9-15-2)13(8-11)16-3;1-3(2)4;1-2;/h3-14H,15H2,1-2H3;2-13,20H,1H3;4-8H,9H2,1-3H3;1-2H3;2H,1H3;1H/b11-8+,12-9+;10-7+,11-8+;5-4+;;;. The summed E-state index contributed by atoms with van der Waals surface area (Å²) in [7, 11) is 8.72. The van der Waals surface area contributed by atoms with Crippen LogP contribution in [-0.4, -0.2) is 89.6 Å². The zero-order valence-electron chi connectivity index (χ0n) is 40.5. The first-order chi connectivity index (χ1) is 32.8. The minimum atomic E-state index is -0.106. The zero-order valence-corrected chi connectivity index (χ0v) is 41.3. The molecule has 5 rings (SSSR count). The summed E-state index contributed by atoms with van der Waals surface area (Å²) in [6.07, 6.45) is 16.3. The number of benzene rings is 5. The van der Waals surface area contributed by atoms with Gasteiger partial charge in [0.05, 0.1) is 21.3 Å². The van der Waals surface area contributed by atoms with Crippen LogP contribution in [0.15, 0.2) is 146 Å². The SMILES string of the molecule is CC(C)=O.CO.COCOc1ccc(/C=C/C(=O)/C=C/c2ccccc2)cc1OC.COCOc1ccc(/C=C/C(C)=O)cc1OC.COc1cc(/C=C/C(=O)/C=C/c2ccccc2)ccc1O.Cl. The second-order valence-electron chi connectivity index (χ2n) is 13.7. The third-order valence-corrected chi connectivity index (χ3v) is 8.11. The Morgan fingerprint density at radius 3 is 1.09 bits per heavy atom. The first-order valence-corrected chi connectivity index (χ1v) is 20.8. The predicted octanol–water partition coefficient (Wildman–Crippen LogP) is 10.6. The van der Waals surface area contributed by atoms with Crippen LogP contribution >= 0.6 is 12.4 Å². The van der Waals surface area contributed by atoms with Crippen LogP contribution < -0.4 is 23.7 Å². The molecular weight excluding hydrogens is 904 g/mol. The fraction of sp³-hybridized carbons (Fsp3) is 0.200. The number of aromatic hydroxyl groups is 1. The molecule has 0 unspecified atom stereocenters. The van der Waals surface area contributed by atoms with Gasteiger partial charge in [0.2, 0.25) is 0 Å². The number of hydrogen-bond acceptors (Lipinski definition) is 13. The molecule has 0 heterocycles. The van der Waals surface area contributed by atoms with E-state index in [1.54, 1.807) is 101 Å². The Morgan fingerprint density at radius 1 is 0.435 bits per heavy atom. The maximum atomic E-state index is 11.9. The molecule has 13 nitrogen and oxygen atoms in total. The van der Waals surface area contributed by atoms with E-state index >= 15 is 0 Å². The van der Waals surface area contributed by atoms with Crippen molar-refractivity contribution in [2.75, 3.05) is 56.2 Å². The summed E-state index contributed by atoms with van der Waals surface area (Å²) >= 11 is 0. The van der Waals surface area contributed by atoms with Gasteiger partial charge in [0.1, 0.15) is 5.78 Å². The lowest BCUT2D eigenvalue weighted by Gasteiger charge is -2.10. The molecule has 2 N–H and O–H groups in total. The Bertz CT molecular complexity index is 2420. The number of phenolic OH excluding ortho intramolecular Hbond substituents is 1. The number of aliphatic hydroxyl groups is 1. The summed E-state index contributed by atoms with van der Waals surface area (Å²) in [5.41, 5.74) is 4.47. The van der Waals surface area contributed by atoms with Crippen LogP contribution in [0.1, 0.15) is 48.6 Å². The number of rotatable bonds is 19. The summed E-state index contributed by atoms with van der Waals surface area (Å²) in [4.78, 5) is 43.9. The average Bonchev–Trinajstić information content (AvgIpc) is 3.36. The van der Waals surface area contributed by atoms with Crippen molar-refractivity contribution < 1.29 is 62.5 Å². The topological polar surface area (TPSA) is 173 Å². The molecule has 0 saturated heterocycles. The molecular formula is C55H63ClO13. The van der Waals surface area contributed by atoms with Gasteiger partial charge >= 0.3 is 0 Å². The van der Waals surface area contributed by atoms with Gasteiger partial charge in [-0.15, -0.1) is 12.4 Å². The molecule has 0 aliphatic rings. The van der Waals surface area contributed by atoms with Crippen LogP contribution in [0, 0.1) is 0 Å². The lowest BCUT2D eigenvalue weighted by atomic mass is 10.1. The van der Waals surface area contributed by atoms with E-state index in [4.69, 9.17) is 38.3 Å². The lowest BCUT2D eigenvalue weighted by Crippen LogP contribution is -2.00. The van der Waals surface area contributed by atoms with Crippen molar-refractivity contribution in [3.63, 3.8) is 0 Å². The molecule has 0 bridgehead atoms. The number of phenols is 1. The normalized spacial score (nSPS) is 10.3. The number of carbonyl (C=O) groups is 4. The molecule has 14 heteroatoms. The van der Waals surface area contributed by atoms with Crippen molar-refractivity contribution in [2.24, 2.45) is 0 Å². The summed E-state index contributed by atoms with van der Waals surface area (Å²) in [6.45, 7) is 4.87. The van der Waals surface area contributed by atoms with E-state index < -0.39 is 0 Å². The quantitative estimate of drug-likeness (QED) is 0.0592. The van der Waals surface area contributed by atoms with Gasteiger partial charge in [-0.05, 0) is 115 Å². The Morgan fingerprint density at radius 2 is 0.754 bits per heavy atom. The van der Waals surface area contributed by atoms with Gasteiger partial charge in [0, 0.05) is 21.3 Å². The fourth-order valence-electron chi connectivity index (χ4n) is 5.02. The largest absolute Gasteiger partial charge is 0.504 e. The molecule has 0 fully saturated rings. The van der Waals surface area contributed by atoms with Crippen molar-refractivity contribution in [2.45, 2.75) is 20.8 Å². The summed E-state index contributed by atoms with van der Waals surface area (Å²) in [5, 5.41) is 16.5. The van der Waals surface area contributed by atoms with Gasteiger partial charge in [-0.3, -0.25) is 14.4 Å². The molecule has 368 valence electrons. The third kappa shape index (κ3) is 27.6. The highest BCUT2D eigenvalue weighted by Crippen LogP contribution is 2.30. The highest BCUT2D eigenvalue weighted by molar-refractivity contribution is 6.05. The number of halogens is 1. The Balaban J connectivity index is 0.000000953. The van der Waals surface area contributed by atoms with Crippen LogP contribution in [-0.2, 0) is 28.7 Å². The van der Waals surface area contributed by atoms with E-state index in [1.807, 2.05) is 72.8 Å². The van der Waals surface area contributed by atoms with E-state index in [0.717, 1.165) is 34.9 Å². The molecule has 5 aromatic carbocycles. The molecule has 0 aromatic heterocycles. The van der Waals surface area contributed by atoms with Crippen molar-refractivity contribution in [1.29, 1.82) is 0 Å². The maximum Gasteiger partial charge on any atom is 0.188 e. The number of ether oxygens (including phenoxy) is 7. The van der Waals surface area contributed by atoms with Gasteiger partial charge in [-0.25, -0.2) is 0 Å².